The third-order valence-electron chi connectivity index (χ3n) is 4.12. The van der Waals surface area contributed by atoms with Crippen molar-refractivity contribution in [3.8, 4) is 6.07 Å². The summed E-state index contributed by atoms with van der Waals surface area (Å²) in [7, 11) is 0. The van der Waals surface area contributed by atoms with Crippen molar-refractivity contribution in [1.82, 2.24) is 0 Å². The molecule has 8 heteroatoms. The summed E-state index contributed by atoms with van der Waals surface area (Å²) in [5, 5.41) is 13.8. The van der Waals surface area contributed by atoms with Gasteiger partial charge in [-0.2, -0.15) is 5.26 Å². The maximum atomic E-state index is 12.3. The predicted octanol–water partition coefficient (Wildman–Crippen LogP) is 3.56. The Morgan fingerprint density at radius 2 is 1.39 bits per heavy atom. The van der Waals surface area contributed by atoms with E-state index in [1.807, 2.05) is 0 Å². The average Bonchev–Trinajstić information content (AvgIpc) is 2.72. The van der Waals surface area contributed by atoms with E-state index in [2.05, 4.69) is 10.6 Å². The molecule has 0 unspecified atom stereocenters. The van der Waals surface area contributed by atoms with Gasteiger partial charge in [0.2, 0.25) is 11.8 Å². The van der Waals surface area contributed by atoms with E-state index in [1.165, 1.54) is 24.3 Å². The van der Waals surface area contributed by atoms with Gasteiger partial charge in [0, 0.05) is 22.4 Å². The number of Topliss-reactive ketones (excluding diaryl/α,β-unsaturated/α-hetero) is 1. The van der Waals surface area contributed by atoms with Crippen LogP contribution in [0.5, 0.6) is 0 Å². The Labute approximate surface area is 180 Å². The van der Waals surface area contributed by atoms with Crippen LogP contribution in [-0.2, 0) is 14.3 Å². The Hall–Kier alpha value is -3.99. The number of nitrogens with one attached hydrogen (secondary N) is 2. The molecule has 0 aliphatic carbocycles. The third kappa shape index (κ3) is 7.08. The lowest BCUT2D eigenvalue weighted by Crippen LogP contribution is -2.27. The first-order chi connectivity index (χ1) is 14.6. The van der Waals surface area contributed by atoms with Gasteiger partial charge in [0.1, 0.15) is 6.42 Å². The molecule has 0 fully saturated rings. The maximum Gasteiger partial charge on any atom is 0.338 e. The fourth-order valence-corrected chi connectivity index (χ4v) is 2.32. The Morgan fingerprint density at radius 1 is 0.871 bits per heavy atom. The van der Waals surface area contributed by atoms with Crippen molar-refractivity contribution < 1.29 is 23.9 Å². The summed E-state index contributed by atoms with van der Waals surface area (Å²) in [6.45, 7) is 4.96. The number of anilines is 2. The van der Waals surface area contributed by atoms with Crippen LogP contribution in [0.3, 0.4) is 0 Å². The molecule has 0 heterocycles. The van der Waals surface area contributed by atoms with Gasteiger partial charge in [-0.1, -0.05) is 20.8 Å². The molecule has 0 saturated carbocycles. The lowest BCUT2D eigenvalue weighted by molar-refractivity contribution is -0.123. The molecule has 2 N–H and O–H groups in total. The molecule has 8 nitrogen and oxygen atoms in total. The predicted molar refractivity (Wildman–Crippen MR) is 114 cm³/mol. The summed E-state index contributed by atoms with van der Waals surface area (Å²) in [6, 6.07) is 13.9. The second-order valence-corrected chi connectivity index (χ2v) is 7.74. The van der Waals surface area contributed by atoms with E-state index in [-0.39, 0.29) is 23.7 Å². The second kappa shape index (κ2) is 10.2. The molecule has 0 spiro atoms. The normalized spacial score (nSPS) is 10.5. The third-order valence-corrected chi connectivity index (χ3v) is 4.12. The zero-order valence-electron chi connectivity index (χ0n) is 17.5. The van der Waals surface area contributed by atoms with Crippen LogP contribution in [0.2, 0.25) is 0 Å². The maximum absolute atomic E-state index is 12.3. The van der Waals surface area contributed by atoms with Gasteiger partial charge in [-0.15, -0.1) is 0 Å². The molecule has 0 radical (unpaired) electrons. The van der Waals surface area contributed by atoms with Gasteiger partial charge in [0.25, 0.3) is 0 Å². The van der Waals surface area contributed by atoms with E-state index in [4.69, 9.17) is 10.00 Å². The number of rotatable bonds is 7. The quantitative estimate of drug-likeness (QED) is 0.520. The van der Waals surface area contributed by atoms with E-state index >= 15 is 0 Å². The molecule has 160 valence electrons. The van der Waals surface area contributed by atoms with Gasteiger partial charge in [0.15, 0.2) is 12.4 Å². The van der Waals surface area contributed by atoms with Crippen LogP contribution in [0.25, 0.3) is 0 Å². The van der Waals surface area contributed by atoms with Crippen LogP contribution in [-0.4, -0.2) is 30.2 Å². The summed E-state index contributed by atoms with van der Waals surface area (Å²) in [6.07, 6.45) is -0.268. The van der Waals surface area contributed by atoms with Gasteiger partial charge in [0.05, 0.1) is 11.6 Å². The van der Waals surface area contributed by atoms with E-state index < -0.39 is 23.9 Å². The minimum Gasteiger partial charge on any atom is -0.454 e. The van der Waals surface area contributed by atoms with Crippen molar-refractivity contribution in [2.75, 3.05) is 17.2 Å². The monoisotopic (exact) mass is 421 g/mol. The molecule has 0 atom stereocenters. The highest BCUT2D eigenvalue weighted by Gasteiger charge is 2.21. The Morgan fingerprint density at radius 3 is 1.90 bits per heavy atom. The van der Waals surface area contributed by atoms with Gasteiger partial charge < -0.3 is 15.4 Å². The lowest BCUT2D eigenvalue weighted by Gasteiger charge is -2.17. The van der Waals surface area contributed by atoms with Crippen LogP contribution < -0.4 is 10.6 Å². The van der Waals surface area contributed by atoms with Crippen LogP contribution in [0.1, 0.15) is 47.9 Å². The molecule has 0 aliphatic heterocycles. The minimum atomic E-state index is -0.683. The summed E-state index contributed by atoms with van der Waals surface area (Å²) >= 11 is 0. The minimum absolute atomic E-state index is 0.142. The van der Waals surface area contributed by atoms with Crippen molar-refractivity contribution in [3.05, 3.63) is 59.7 Å². The largest absolute Gasteiger partial charge is 0.454 e. The first-order valence-corrected chi connectivity index (χ1v) is 9.49. The molecule has 0 aliphatic rings. The number of hydrogen-bond acceptors (Lipinski definition) is 6. The van der Waals surface area contributed by atoms with Crippen LogP contribution in [0.4, 0.5) is 11.4 Å². The van der Waals surface area contributed by atoms with Crippen LogP contribution in [0, 0.1) is 16.7 Å². The second-order valence-electron chi connectivity index (χ2n) is 7.74. The number of nitriles is 1. The lowest BCUT2D eigenvalue weighted by atomic mass is 9.95. The first kappa shape index (κ1) is 23.3. The Kier molecular flexibility index (Phi) is 7.64. The molecule has 0 bridgehead atoms. The fraction of sp³-hybridized carbons (Fsp3) is 0.261. The number of ether oxygens (including phenoxy) is 1. The molecule has 31 heavy (non-hydrogen) atoms. The van der Waals surface area contributed by atoms with Crippen molar-refractivity contribution in [3.63, 3.8) is 0 Å². The van der Waals surface area contributed by atoms with Gasteiger partial charge in [-0.25, -0.2) is 4.79 Å². The number of carbonyl (C=O) groups excluding carboxylic acids is 4. The Bertz CT molecular complexity index is 1010. The number of carbonyl (C=O) groups is 4. The smallest absolute Gasteiger partial charge is 0.338 e. The summed E-state index contributed by atoms with van der Waals surface area (Å²) in [5.74, 6) is -1.66. The molecule has 2 aromatic rings. The highest BCUT2D eigenvalue weighted by Crippen LogP contribution is 2.18. The van der Waals surface area contributed by atoms with Crippen molar-refractivity contribution in [1.29, 1.82) is 5.26 Å². The molecule has 2 aromatic carbocycles. The van der Waals surface area contributed by atoms with Gasteiger partial charge >= 0.3 is 5.97 Å². The number of ketones is 1. The van der Waals surface area contributed by atoms with E-state index in [0.29, 0.717) is 16.9 Å². The highest BCUT2D eigenvalue weighted by atomic mass is 16.5. The zero-order valence-corrected chi connectivity index (χ0v) is 17.5. The van der Waals surface area contributed by atoms with E-state index in [9.17, 15) is 19.2 Å². The molecule has 2 rings (SSSR count). The number of hydrogen-bond donors (Lipinski definition) is 2. The number of benzene rings is 2. The molecule has 0 aromatic heterocycles. The molecular weight excluding hydrogens is 398 g/mol. The highest BCUT2D eigenvalue weighted by molar-refractivity contribution is 6.00. The first-order valence-electron chi connectivity index (χ1n) is 9.49. The SMILES string of the molecule is CC(C)(C)C(=O)Nc1ccc(C(=O)COC(=O)c2ccc(NC(=O)CC#N)cc2)cc1. The topological polar surface area (TPSA) is 125 Å². The van der Waals surface area contributed by atoms with Gasteiger partial charge in [-0.05, 0) is 48.5 Å². The summed E-state index contributed by atoms with van der Waals surface area (Å²) < 4.78 is 5.05. The van der Waals surface area contributed by atoms with E-state index in [1.54, 1.807) is 51.1 Å². The summed E-state index contributed by atoms with van der Waals surface area (Å²) in [5.41, 5.74) is 1.02. The Balaban J connectivity index is 1.89. The van der Waals surface area contributed by atoms with Crippen molar-refractivity contribution in [2.24, 2.45) is 5.41 Å². The molecular formula is C23H23N3O5. The standard InChI is InChI=1S/C23H23N3O5/c1-23(2,3)22(30)26-18-8-4-15(5-9-18)19(27)14-31-21(29)16-6-10-17(11-7-16)25-20(28)12-13-24/h4-11H,12,14H2,1-3H3,(H,25,28)(H,26,30). The van der Waals surface area contributed by atoms with Gasteiger partial charge in [-0.3, -0.25) is 14.4 Å². The zero-order chi connectivity index (χ0) is 23.0. The number of amides is 2. The molecule has 0 saturated heterocycles. The van der Waals surface area contributed by atoms with E-state index in [0.717, 1.165) is 0 Å². The molecule has 2 amide bonds. The summed E-state index contributed by atoms with van der Waals surface area (Å²) in [4.78, 5) is 47.8. The van der Waals surface area contributed by atoms with Crippen LogP contribution in [0.15, 0.2) is 48.5 Å². The average molecular weight is 421 g/mol. The fourth-order valence-electron chi connectivity index (χ4n) is 2.32. The number of esters is 1. The van der Waals surface area contributed by atoms with Crippen molar-refractivity contribution in [2.45, 2.75) is 27.2 Å². The number of nitrogens with zero attached hydrogens (tertiary/aromatic N) is 1. The van der Waals surface area contributed by atoms with Crippen LogP contribution >= 0.6 is 0 Å². The van der Waals surface area contributed by atoms with Crippen molar-refractivity contribution >= 4 is 34.9 Å².